The van der Waals surface area contributed by atoms with Crippen LogP contribution in [0.4, 0.5) is 0 Å². The van der Waals surface area contributed by atoms with Gasteiger partial charge in [-0.05, 0) is 25.8 Å². The molecule has 17 heavy (non-hydrogen) atoms. The van der Waals surface area contributed by atoms with Gasteiger partial charge >= 0.3 is 0 Å². The number of hydrogen-bond donors (Lipinski definition) is 1. The molecule has 7 heteroatoms. The monoisotopic (exact) mass is 263 g/mol. The zero-order valence-corrected chi connectivity index (χ0v) is 11.1. The van der Waals surface area contributed by atoms with Gasteiger partial charge < -0.3 is 10.6 Å². The van der Waals surface area contributed by atoms with Crippen molar-refractivity contribution in [2.45, 2.75) is 19.3 Å². The second-order valence-corrected chi connectivity index (χ2v) is 6.40. The van der Waals surface area contributed by atoms with Gasteiger partial charge in [0, 0.05) is 20.1 Å². The molecular weight excluding hydrogens is 242 g/mol. The molecule has 0 spiro atoms. The topological polar surface area (TPSA) is 83.7 Å². The van der Waals surface area contributed by atoms with Crippen LogP contribution in [0.5, 0.6) is 0 Å². The van der Waals surface area contributed by atoms with Gasteiger partial charge in [0.2, 0.25) is 15.9 Å². The Morgan fingerprint density at radius 2 is 2.00 bits per heavy atom. The third-order valence-corrected chi connectivity index (χ3v) is 4.79. The SMILES string of the molecule is CN1CCCN(S(=O)(=O)CCCCN)CC1=O. The van der Waals surface area contributed by atoms with E-state index in [2.05, 4.69) is 0 Å². The molecule has 1 saturated heterocycles. The Hall–Kier alpha value is -0.660. The van der Waals surface area contributed by atoms with E-state index in [4.69, 9.17) is 5.73 Å². The van der Waals surface area contributed by atoms with E-state index in [0.717, 1.165) is 0 Å². The van der Waals surface area contributed by atoms with Crippen LogP contribution in [0, 0.1) is 0 Å². The summed E-state index contributed by atoms with van der Waals surface area (Å²) in [5, 5.41) is 0. The number of carbonyl (C=O) groups excluding carboxylic acids is 1. The Morgan fingerprint density at radius 3 is 2.65 bits per heavy atom. The molecule has 1 heterocycles. The van der Waals surface area contributed by atoms with Gasteiger partial charge in [0.1, 0.15) is 0 Å². The van der Waals surface area contributed by atoms with E-state index in [-0.39, 0.29) is 18.2 Å². The van der Waals surface area contributed by atoms with Crippen LogP contribution < -0.4 is 5.73 Å². The molecule has 0 aromatic carbocycles. The highest BCUT2D eigenvalue weighted by molar-refractivity contribution is 7.89. The molecule has 2 N–H and O–H groups in total. The number of carbonyl (C=O) groups is 1. The number of rotatable bonds is 5. The lowest BCUT2D eigenvalue weighted by Crippen LogP contribution is -2.39. The molecule has 0 radical (unpaired) electrons. The highest BCUT2D eigenvalue weighted by Gasteiger charge is 2.27. The van der Waals surface area contributed by atoms with Crippen molar-refractivity contribution >= 4 is 15.9 Å². The molecule has 0 aliphatic carbocycles. The second-order valence-electron chi connectivity index (χ2n) is 4.31. The summed E-state index contributed by atoms with van der Waals surface area (Å²) in [7, 11) is -1.60. The molecule has 0 aromatic heterocycles. The highest BCUT2D eigenvalue weighted by atomic mass is 32.2. The molecule has 1 aliphatic heterocycles. The first-order valence-corrected chi connectivity index (χ1v) is 7.50. The summed E-state index contributed by atoms with van der Waals surface area (Å²) >= 11 is 0. The Morgan fingerprint density at radius 1 is 1.29 bits per heavy atom. The number of nitrogens with zero attached hydrogens (tertiary/aromatic N) is 2. The van der Waals surface area contributed by atoms with Gasteiger partial charge in [-0.1, -0.05) is 0 Å². The van der Waals surface area contributed by atoms with Crippen molar-refractivity contribution in [2.75, 3.05) is 39.0 Å². The van der Waals surface area contributed by atoms with Crippen molar-refractivity contribution in [2.24, 2.45) is 5.73 Å². The van der Waals surface area contributed by atoms with E-state index >= 15 is 0 Å². The molecule has 1 amide bonds. The summed E-state index contributed by atoms with van der Waals surface area (Å²) in [5.41, 5.74) is 5.33. The zero-order chi connectivity index (χ0) is 12.9. The van der Waals surface area contributed by atoms with Crippen molar-refractivity contribution < 1.29 is 13.2 Å². The first-order valence-electron chi connectivity index (χ1n) is 5.89. The van der Waals surface area contributed by atoms with Crippen molar-refractivity contribution in [3.63, 3.8) is 0 Å². The van der Waals surface area contributed by atoms with Crippen molar-refractivity contribution in [3.05, 3.63) is 0 Å². The van der Waals surface area contributed by atoms with Gasteiger partial charge in [0.25, 0.3) is 0 Å². The molecule has 6 nitrogen and oxygen atoms in total. The Kier molecular flexibility index (Phi) is 5.35. The van der Waals surface area contributed by atoms with Crippen molar-refractivity contribution in [3.8, 4) is 0 Å². The minimum atomic E-state index is -3.30. The van der Waals surface area contributed by atoms with Gasteiger partial charge in [-0.15, -0.1) is 0 Å². The zero-order valence-electron chi connectivity index (χ0n) is 10.3. The van der Waals surface area contributed by atoms with Gasteiger partial charge in [0.15, 0.2) is 0 Å². The summed E-state index contributed by atoms with van der Waals surface area (Å²) in [4.78, 5) is 13.2. The van der Waals surface area contributed by atoms with Crippen LogP contribution in [0.25, 0.3) is 0 Å². The lowest BCUT2D eigenvalue weighted by Gasteiger charge is -2.19. The molecule has 100 valence electrons. The normalized spacial score (nSPS) is 19.4. The number of amides is 1. The summed E-state index contributed by atoms with van der Waals surface area (Å²) in [6.45, 7) is 1.52. The van der Waals surface area contributed by atoms with E-state index < -0.39 is 10.0 Å². The van der Waals surface area contributed by atoms with Gasteiger partial charge in [-0.2, -0.15) is 4.31 Å². The predicted octanol–water partition coefficient (Wildman–Crippen LogP) is -0.781. The summed E-state index contributed by atoms with van der Waals surface area (Å²) in [6.07, 6.45) is 1.94. The van der Waals surface area contributed by atoms with Crippen LogP contribution in [-0.4, -0.2) is 62.5 Å². The van der Waals surface area contributed by atoms with Crippen LogP contribution in [0.15, 0.2) is 0 Å². The van der Waals surface area contributed by atoms with Crippen LogP contribution in [0.3, 0.4) is 0 Å². The third kappa shape index (κ3) is 4.25. The highest BCUT2D eigenvalue weighted by Crippen LogP contribution is 2.10. The van der Waals surface area contributed by atoms with Gasteiger partial charge in [0.05, 0.1) is 12.3 Å². The summed E-state index contributed by atoms with van der Waals surface area (Å²) in [5.74, 6) is -0.0498. The fourth-order valence-corrected chi connectivity index (χ4v) is 3.30. The number of unbranched alkanes of at least 4 members (excludes halogenated alkanes) is 1. The van der Waals surface area contributed by atoms with Crippen LogP contribution in [-0.2, 0) is 14.8 Å². The first kappa shape index (κ1) is 14.4. The van der Waals surface area contributed by atoms with E-state index in [1.165, 1.54) is 4.31 Å². The fourth-order valence-electron chi connectivity index (χ4n) is 1.75. The van der Waals surface area contributed by atoms with Crippen molar-refractivity contribution in [1.29, 1.82) is 0 Å². The standard InChI is InChI=1S/C10H21N3O3S/c1-12-6-4-7-13(9-10(12)14)17(15,16)8-3-2-5-11/h2-9,11H2,1H3. The number of sulfonamides is 1. The van der Waals surface area contributed by atoms with Gasteiger partial charge in [-0.25, -0.2) is 8.42 Å². The minimum Gasteiger partial charge on any atom is -0.345 e. The van der Waals surface area contributed by atoms with Gasteiger partial charge in [-0.3, -0.25) is 4.79 Å². The van der Waals surface area contributed by atoms with Crippen LogP contribution in [0.1, 0.15) is 19.3 Å². The Labute approximate surface area is 103 Å². The average Bonchev–Trinajstić information content (AvgIpc) is 2.42. The van der Waals surface area contributed by atoms with Crippen molar-refractivity contribution in [1.82, 2.24) is 9.21 Å². The maximum atomic E-state index is 12.0. The number of nitrogens with two attached hydrogens (primary N) is 1. The molecule has 1 aliphatic rings. The smallest absolute Gasteiger partial charge is 0.237 e. The molecule has 0 saturated carbocycles. The quantitative estimate of drug-likeness (QED) is 0.659. The maximum Gasteiger partial charge on any atom is 0.237 e. The molecule has 0 aromatic rings. The predicted molar refractivity (Wildman–Crippen MR) is 65.9 cm³/mol. The molecule has 0 unspecified atom stereocenters. The second kappa shape index (κ2) is 6.32. The van der Waals surface area contributed by atoms with E-state index in [1.54, 1.807) is 11.9 Å². The number of hydrogen-bond acceptors (Lipinski definition) is 4. The third-order valence-electron chi connectivity index (χ3n) is 2.89. The Bertz CT molecular complexity index is 356. The van der Waals surface area contributed by atoms with E-state index in [1.807, 2.05) is 0 Å². The fraction of sp³-hybridized carbons (Fsp3) is 0.900. The largest absolute Gasteiger partial charge is 0.345 e. The molecule has 0 bridgehead atoms. The Balaban J connectivity index is 2.61. The summed E-state index contributed by atoms with van der Waals surface area (Å²) in [6, 6.07) is 0. The lowest BCUT2D eigenvalue weighted by atomic mass is 10.3. The number of likely N-dealkylation sites (N-methyl/N-ethyl adjacent to an activating group) is 1. The average molecular weight is 263 g/mol. The van der Waals surface area contributed by atoms with E-state index in [9.17, 15) is 13.2 Å². The van der Waals surface area contributed by atoms with Crippen LogP contribution >= 0.6 is 0 Å². The van der Waals surface area contributed by atoms with E-state index in [0.29, 0.717) is 38.9 Å². The van der Waals surface area contributed by atoms with Crippen LogP contribution in [0.2, 0.25) is 0 Å². The first-order chi connectivity index (χ1) is 7.97. The molecule has 1 rings (SSSR count). The molecule has 1 fully saturated rings. The maximum absolute atomic E-state index is 12.0. The molecule has 0 atom stereocenters. The summed E-state index contributed by atoms with van der Waals surface area (Å²) < 4.78 is 25.3. The lowest BCUT2D eigenvalue weighted by molar-refractivity contribution is -0.129. The molecular formula is C10H21N3O3S. The minimum absolute atomic E-state index is 0.0263.